The number of ether oxygens (including phenoxy) is 4. The number of amides is 2. The Kier molecular flexibility index (Phi) is 18.6. The second-order valence-corrected chi connectivity index (χ2v) is 16.0. The second kappa shape index (κ2) is 24.1. The fourth-order valence-electron chi connectivity index (χ4n) is 7.05. The molecule has 4 aromatic carbocycles. The summed E-state index contributed by atoms with van der Waals surface area (Å²) in [5.74, 6) is -0.485. The zero-order chi connectivity index (χ0) is 39.4. The van der Waals surface area contributed by atoms with Crippen LogP contribution in [0, 0.1) is 6.92 Å². The third kappa shape index (κ3) is 14.3. The zero-order valence-corrected chi connectivity index (χ0v) is 34.4. The van der Waals surface area contributed by atoms with E-state index in [1.54, 1.807) is 11.8 Å². The molecule has 1 aliphatic heterocycles. The van der Waals surface area contributed by atoms with E-state index in [0.29, 0.717) is 26.2 Å². The van der Waals surface area contributed by atoms with Gasteiger partial charge < -0.3 is 18.9 Å². The Labute approximate surface area is 339 Å². The summed E-state index contributed by atoms with van der Waals surface area (Å²) in [6.45, 7) is 6.78. The normalized spacial score (nSPS) is 19.4. The van der Waals surface area contributed by atoms with Crippen molar-refractivity contribution in [1.82, 2.24) is 4.90 Å². The van der Waals surface area contributed by atoms with Gasteiger partial charge in [0.25, 0.3) is 0 Å². The Morgan fingerprint density at radius 3 is 1.57 bits per heavy atom. The molecule has 4 aromatic rings. The van der Waals surface area contributed by atoms with Crippen LogP contribution >= 0.6 is 11.8 Å². The first kappa shape index (κ1) is 43.3. The van der Waals surface area contributed by atoms with Gasteiger partial charge in [0.1, 0.15) is 29.9 Å². The molecular weight excluding hydrogens is 719 g/mol. The molecule has 0 bridgehead atoms. The fourth-order valence-corrected chi connectivity index (χ4v) is 8.17. The van der Waals surface area contributed by atoms with Crippen LogP contribution in [0.3, 0.4) is 0 Å². The molecular formula is C48H61NO6S. The van der Waals surface area contributed by atoms with Gasteiger partial charge in [-0.1, -0.05) is 179 Å². The van der Waals surface area contributed by atoms with E-state index in [2.05, 4.69) is 38.1 Å². The van der Waals surface area contributed by atoms with E-state index in [1.165, 1.54) is 50.3 Å². The van der Waals surface area contributed by atoms with Gasteiger partial charge in [0.15, 0.2) is 0 Å². The van der Waals surface area contributed by atoms with Crippen molar-refractivity contribution < 1.29 is 28.5 Å². The summed E-state index contributed by atoms with van der Waals surface area (Å²) in [6.07, 6.45) is 8.15. The van der Waals surface area contributed by atoms with Crippen molar-refractivity contribution in [3.05, 3.63) is 138 Å². The third-order valence-corrected chi connectivity index (χ3v) is 11.4. The van der Waals surface area contributed by atoms with Crippen LogP contribution in [0.4, 0.5) is 0 Å². The maximum atomic E-state index is 13.8. The van der Waals surface area contributed by atoms with Gasteiger partial charge in [-0.05, 0) is 42.2 Å². The first-order valence-electron chi connectivity index (χ1n) is 20.6. The number of nitrogens with zero attached hydrogens (tertiary/aromatic N) is 1. The van der Waals surface area contributed by atoms with Crippen molar-refractivity contribution >= 4 is 23.6 Å². The molecule has 5 atom stereocenters. The molecule has 0 saturated carbocycles. The largest absolute Gasteiger partial charge is 0.368 e. The van der Waals surface area contributed by atoms with E-state index in [9.17, 15) is 9.59 Å². The summed E-state index contributed by atoms with van der Waals surface area (Å²) in [6, 6.07) is 38.5. The number of benzene rings is 4. The highest BCUT2D eigenvalue weighted by Crippen LogP contribution is 2.39. The number of hydrogen-bond donors (Lipinski definition) is 0. The Balaban J connectivity index is 1.42. The molecule has 0 spiro atoms. The van der Waals surface area contributed by atoms with Crippen LogP contribution in [-0.2, 0) is 48.4 Å². The predicted octanol–water partition coefficient (Wildman–Crippen LogP) is 10.9. The first-order chi connectivity index (χ1) is 27.4. The van der Waals surface area contributed by atoms with Gasteiger partial charge in [-0.15, -0.1) is 0 Å². The molecule has 56 heavy (non-hydrogen) atoms. The van der Waals surface area contributed by atoms with Crippen molar-refractivity contribution in [2.75, 3.05) is 6.54 Å². The highest BCUT2D eigenvalue weighted by atomic mass is 32.2. The van der Waals surface area contributed by atoms with Crippen LogP contribution < -0.4 is 0 Å². The molecule has 0 unspecified atom stereocenters. The summed E-state index contributed by atoms with van der Waals surface area (Å²) in [5.41, 5.74) is 3.67. The van der Waals surface area contributed by atoms with Gasteiger partial charge in [0.2, 0.25) is 11.8 Å². The molecule has 5 rings (SSSR count). The lowest BCUT2D eigenvalue weighted by molar-refractivity contribution is -0.248. The Morgan fingerprint density at radius 1 is 0.607 bits per heavy atom. The Bertz CT molecular complexity index is 1690. The van der Waals surface area contributed by atoms with E-state index < -0.39 is 29.9 Å². The minimum Gasteiger partial charge on any atom is -0.368 e. The quantitative estimate of drug-likeness (QED) is 0.0694. The lowest BCUT2D eigenvalue weighted by Crippen LogP contribution is -2.62. The highest BCUT2D eigenvalue weighted by molar-refractivity contribution is 7.99. The van der Waals surface area contributed by atoms with E-state index in [4.69, 9.17) is 18.9 Å². The fraction of sp³-hybridized carbons (Fsp3) is 0.458. The second-order valence-electron chi connectivity index (χ2n) is 14.9. The number of rotatable bonds is 23. The van der Waals surface area contributed by atoms with Crippen LogP contribution in [0.5, 0.6) is 0 Å². The van der Waals surface area contributed by atoms with Crippen LogP contribution in [0.25, 0.3) is 0 Å². The van der Waals surface area contributed by atoms with Crippen molar-refractivity contribution in [2.45, 2.75) is 140 Å². The molecule has 2 amide bonds. The number of imide groups is 1. The van der Waals surface area contributed by atoms with Gasteiger partial charge in [0.05, 0.1) is 26.4 Å². The molecule has 1 fully saturated rings. The molecule has 0 radical (unpaired) electrons. The first-order valence-corrected chi connectivity index (χ1v) is 21.5. The number of hydrogen-bond acceptors (Lipinski definition) is 7. The summed E-state index contributed by atoms with van der Waals surface area (Å²) in [7, 11) is 0. The SMILES string of the molecule is CCCCCCCCCCCC(=O)N(C[C@H]1O[C@@H](Sc2ccc(C)cc2)[C@H](OCc2ccccc2)[C@@H](OCc2ccccc2)[C@@H]1OCc1ccccc1)C(C)=O. The number of carbonyl (C=O) groups is 2. The van der Waals surface area contributed by atoms with E-state index >= 15 is 0 Å². The Morgan fingerprint density at radius 2 is 1.07 bits per heavy atom. The van der Waals surface area contributed by atoms with Crippen molar-refractivity contribution in [1.29, 1.82) is 0 Å². The summed E-state index contributed by atoms with van der Waals surface area (Å²) >= 11 is 1.56. The summed E-state index contributed by atoms with van der Waals surface area (Å²) in [5, 5.41) is 0. The minimum absolute atomic E-state index is 0.0482. The molecule has 0 N–H and O–H groups in total. The van der Waals surface area contributed by atoms with Gasteiger partial charge in [-0.3, -0.25) is 14.5 Å². The number of unbranched alkanes of at least 4 members (excludes halogenated alkanes) is 8. The molecule has 1 saturated heterocycles. The van der Waals surface area contributed by atoms with Gasteiger partial charge in [0, 0.05) is 18.2 Å². The molecule has 7 nitrogen and oxygen atoms in total. The van der Waals surface area contributed by atoms with E-state index in [-0.39, 0.29) is 18.4 Å². The lowest BCUT2D eigenvalue weighted by atomic mass is 9.97. The van der Waals surface area contributed by atoms with Crippen LogP contribution in [0.1, 0.15) is 100 Å². The molecule has 0 aliphatic carbocycles. The predicted molar refractivity (Wildman–Crippen MR) is 225 cm³/mol. The minimum atomic E-state index is -0.685. The molecule has 300 valence electrons. The number of thioether (sulfide) groups is 1. The molecule has 1 heterocycles. The Hall–Kier alpha value is -3.79. The topological polar surface area (TPSA) is 74.3 Å². The standard InChI is InChI=1S/C48H61NO6S/c1-4-5-6-7-8-9-10-11-21-28-44(51)49(38(3)50)33-43-45(52-34-39-22-15-12-16-23-39)46(53-35-40-24-17-13-18-25-40)47(54-36-41-26-19-14-20-27-41)48(55-43)56-42-31-29-37(2)30-32-42/h12-20,22-27,29-32,43,45-48H,4-11,21,28,33-36H2,1-3H3/t43-,45-,46+,47-,48+/m1/s1. The molecule has 8 heteroatoms. The third-order valence-electron chi connectivity index (χ3n) is 10.3. The van der Waals surface area contributed by atoms with Crippen LogP contribution in [0.2, 0.25) is 0 Å². The smallest absolute Gasteiger partial charge is 0.229 e. The van der Waals surface area contributed by atoms with Crippen LogP contribution in [-0.4, -0.2) is 53.1 Å². The van der Waals surface area contributed by atoms with Gasteiger partial charge >= 0.3 is 0 Å². The van der Waals surface area contributed by atoms with E-state index in [1.807, 2.05) is 91.0 Å². The summed E-state index contributed by atoms with van der Waals surface area (Å²) in [4.78, 5) is 29.5. The van der Waals surface area contributed by atoms with Gasteiger partial charge in [-0.2, -0.15) is 0 Å². The maximum absolute atomic E-state index is 13.8. The van der Waals surface area contributed by atoms with E-state index in [0.717, 1.165) is 46.4 Å². The van der Waals surface area contributed by atoms with Crippen molar-refractivity contribution in [2.24, 2.45) is 0 Å². The van der Waals surface area contributed by atoms with Crippen molar-refractivity contribution in [3.8, 4) is 0 Å². The van der Waals surface area contributed by atoms with Crippen LogP contribution in [0.15, 0.2) is 120 Å². The summed E-state index contributed by atoms with van der Waals surface area (Å²) < 4.78 is 27.5. The zero-order valence-electron chi connectivity index (χ0n) is 33.6. The molecule has 1 aliphatic rings. The highest BCUT2D eigenvalue weighted by Gasteiger charge is 2.49. The average Bonchev–Trinajstić information content (AvgIpc) is 3.22. The number of carbonyl (C=O) groups excluding carboxylic acids is 2. The molecule has 0 aromatic heterocycles. The monoisotopic (exact) mass is 779 g/mol. The maximum Gasteiger partial charge on any atom is 0.229 e. The van der Waals surface area contributed by atoms with Crippen molar-refractivity contribution in [3.63, 3.8) is 0 Å². The lowest BCUT2D eigenvalue weighted by Gasteiger charge is -2.47. The van der Waals surface area contributed by atoms with Gasteiger partial charge in [-0.25, -0.2) is 0 Å². The average molecular weight is 780 g/mol. The number of aryl methyl sites for hydroxylation is 1.